The van der Waals surface area contributed by atoms with Crippen molar-refractivity contribution in [1.29, 1.82) is 5.41 Å². The number of benzene rings is 2. The second-order valence-corrected chi connectivity index (χ2v) is 9.95. The number of rotatable bonds is 3. The molecule has 2 fully saturated rings. The smallest absolute Gasteiger partial charge is 0.153 e. The van der Waals surface area contributed by atoms with E-state index in [2.05, 4.69) is 47.3 Å². The largest absolute Gasteiger partial charge is 0.494 e. The van der Waals surface area contributed by atoms with Gasteiger partial charge in [0.05, 0.1) is 23.9 Å². The fourth-order valence-corrected chi connectivity index (χ4v) is 7.42. The standard InChI is InChI=1S/C25H30N6O/c1-25(14-6-7-15-18(9-14)29-30-24(15)28)22-13-5-4-12(8-13)20(22)21-16(11-26)17(27)10-19(32-3)23(21)31(25)2/h6-7,9-13,20,22,26H,4-5,8,27H2,1-3H3,(H3,28,29,30)/t12?,13?,20-,22-,25+/m1/s1. The molecule has 6 rings (SSSR count). The number of nitrogens with two attached hydrogens (primary N) is 2. The first kappa shape index (κ1) is 19.5. The Morgan fingerprint density at radius 3 is 2.78 bits per heavy atom. The summed E-state index contributed by atoms with van der Waals surface area (Å²) in [6, 6.07) is 8.39. The number of anilines is 3. The van der Waals surface area contributed by atoms with Crippen molar-refractivity contribution < 1.29 is 4.74 Å². The molecule has 0 saturated heterocycles. The number of hydrogen-bond acceptors (Lipinski definition) is 6. The van der Waals surface area contributed by atoms with Gasteiger partial charge in [-0.1, -0.05) is 6.07 Å². The predicted octanol–water partition coefficient (Wildman–Crippen LogP) is 4.23. The van der Waals surface area contributed by atoms with Crippen LogP contribution in [0.25, 0.3) is 10.9 Å². The molecular formula is C25H30N6O. The van der Waals surface area contributed by atoms with Crippen LogP contribution in [0, 0.1) is 23.2 Å². The molecule has 2 aliphatic carbocycles. The molecule has 2 saturated carbocycles. The lowest BCUT2D eigenvalue weighted by molar-refractivity contribution is 0.156. The van der Waals surface area contributed by atoms with Crippen LogP contribution < -0.4 is 21.1 Å². The van der Waals surface area contributed by atoms with Crippen LogP contribution in [0.4, 0.5) is 17.2 Å². The average molecular weight is 431 g/mol. The van der Waals surface area contributed by atoms with Crippen molar-refractivity contribution in [2.45, 2.75) is 37.6 Å². The summed E-state index contributed by atoms with van der Waals surface area (Å²) in [6.07, 6.45) is 5.19. The molecule has 2 unspecified atom stereocenters. The quantitative estimate of drug-likeness (QED) is 0.366. The van der Waals surface area contributed by atoms with Crippen LogP contribution in [-0.2, 0) is 5.54 Å². The van der Waals surface area contributed by atoms with Crippen LogP contribution in [-0.4, -0.2) is 30.6 Å². The van der Waals surface area contributed by atoms with E-state index in [9.17, 15) is 0 Å². The third-order valence-electron chi connectivity index (χ3n) is 8.85. The van der Waals surface area contributed by atoms with E-state index in [1.54, 1.807) is 7.11 Å². The number of fused-ring (bicyclic) bond motifs is 8. The number of nitrogen functional groups attached to an aromatic ring is 2. The van der Waals surface area contributed by atoms with Gasteiger partial charge in [-0.3, -0.25) is 5.10 Å². The summed E-state index contributed by atoms with van der Waals surface area (Å²) in [5.74, 6) is 3.38. The zero-order chi connectivity index (χ0) is 22.4. The Kier molecular flexibility index (Phi) is 3.89. The van der Waals surface area contributed by atoms with Crippen LogP contribution >= 0.6 is 0 Å². The minimum Gasteiger partial charge on any atom is -0.494 e. The number of ether oxygens (including phenoxy) is 1. The predicted molar refractivity (Wildman–Crippen MR) is 129 cm³/mol. The van der Waals surface area contributed by atoms with Crippen LogP contribution in [0.5, 0.6) is 5.75 Å². The summed E-state index contributed by atoms with van der Waals surface area (Å²) in [5.41, 5.74) is 18.2. The van der Waals surface area contributed by atoms with Crippen molar-refractivity contribution in [2.75, 3.05) is 30.5 Å². The average Bonchev–Trinajstić information content (AvgIpc) is 3.51. The van der Waals surface area contributed by atoms with E-state index in [0.29, 0.717) is 35.2 Å². The van der Waals surface area contributed by atoms with Gasteiger partial charge in [-0.05, 0) is 73.1 Å². The Morgan fingerprint density at radius 2 is 2.03 bits per heavy atom. The van der Waals surface area contributed by atoms with Crippen molar-refractivity contribution in [1.82, 2.24) is 10.2 Å². The molecule has 3 aromatic rings. The fourth-order valence-electron chi connectivity index (χ4n) is 7.42. The third-order valence-corrected chi connectivity index (χ3v) is 8.85. The van der Waals surface area contributed by atoms with E-state index >= 15 is 0 Å². The van der Waals surface area contributed by atoms with Gasteiger partial charge in [0.2, 0.25) is 0 Å². The van der Waals surface area contributed by atoms with E-state index in [1.165, 1.54) is 36.6 Å². The van der Waals surface area contributed by atoms with Crippen molar-refractivity contribution in [3.05, 3.63) is 41.0 Å². The summed E-state index contributed by atoms with van der Waals surface area (Å²) in [6.45, 7) is 2.37. The number of aromatic amines is 1. The molecule has 7 nitrogen and oxygen atoms in total. The Morgan fingerprint density at radius 1 is 1.25 bits per heavy atom. The van der Waals surface area contributed by atoms with Gasteiger partial charge < -0.3 is 26.5 Å². The van der Waals surface area contributed by atoms with Gasteiger partial charge in [0.1, 0.15) is 5.75 Å². The lowest BCUT2D eigenvalue weighted by Crippen LogP contribution is -2.55. The monoisotopic (exact) mass is 430 g/mol. The summed E-state index contributed by atoms with van der Waals surface area (Å²) in [5, 5.41) is 16.4. The molecule has 5 atom stereocenters. The highest BCUT2D eigenvalue weighted by Gasteiger charge is 2.61. The van der Waals surface area contributed by atoms with Crippen molar-refractivity contribution >= 4 is 34.3 Å². The van der Waals surface area contributed by atoms with Gasteiger partial charge in [-0.25, -0.2) is 0 Å². The minimum absolute atomic E-state index is 0.242. The Balaban J connectivity index is 1.65. The van der Waals surface area contributed by atoms with Crippen LogP contribution in [0.15, 0.2) is 24.3 Å². The summed E-state index contributed by atoms with van der Waals surface area (Å²) < 4.78 is 5.87. The molecule has 0 radical (unpaired) electrons. The van der Waals surface area contributed by atoms with Gasteiger partial charge >= 0.3 is 0 Å². The first-order valence-electron chi connectivity index (χ1n) is 11.4. The van der Waals surface area contributed by atoms with Crippen LogP contribution in [0.3, 0.4) is 0 Å². The second kappa shape index (κ2) is 6.40. The van der Waals surface area contributed by atoms with Crippen molar-refractivity contribution in [3.8, 4) is 5.75 Å². The van der Waals surface area contributed by atoms with Crippen LogP contribution in [0.1, 0.15) is 48.8 Å². The normalized spacial score (nSPS) is 30.4. The molecule has 166 valence electrons. The number of hydrogen-bond donors (Lipinski definition) is 4. The Labute approximate surface area is 187 Å². The lowest BCUT2D eigenvalue weighted by Gasteiger charge is -2.56. The van der Waals surface area contributed by atoms with Crippen LogP contribution in [0.2, 0.25) is 0 Å². The number of H-pyrrole nitrogens is 1. The van der Waals surface area contributed by atoms with Crippen molar-refractivity contribution in [3.63, 3.8) is 0 Å². The summed E-state index contributed by atoms with van der Waals surface area (Å²) >= 11 is 0. The zero-order valence-corrected chi connectivity index (χ0v) is 18.8. The summed E-state index contributed by atoms with van der Waals surface area (Å²) in [4.78, 5) is 2.39. The highest BCUT2D eigenvalue weighted by atomic mass is 16.5. The topological polar surface area (TPSA) is 117 Å². The lowest BCUT2D eigenvalue weighted by atomic mass is 9.60. The zero-order valence-electron chi connectivity index (χ0n) is 18.8. The highest BCUT2D eigenvalue weighted by molar-refractivity contribution is 5.94. The first-order valence-corrected chi connectivity index (χ1v) is 11.4. The van der Waals surface area contributed by atoms with E-state index in [-0.39, 0.29) is 5.54 Å². The molecular weight excluding hydrogens is 400 g/mol. The maximum Gasteiger partial charge on any atom is 0.153 e. The number of methoxy groups -OCH3 is 1. The maximum absolute atomic E-state index is 8.17. The molecule has 2 bridgehead atoms. The molecule has 7 heteroatoms. The molecule has 32 heavy (non-hydrogen) atoms. The fraction of sp³-hybridized carbons (Fsp3) is 0.440. The van der Waals surface area contributed by atoms with Gasteiger partial charge in [0, 0.05) is 36.0 Å². The maximum atomic E-state index is 8.17. The highest BCUT2D eigenvalue weighted by Crippen LogP contribution is 2.68. The molecule has 1 aliphatic heterocycles. The number of nitrogens with one attached hydrogen (secondary N) is 2. The molecule has 2 heterocycles. The first-order chi connectivity index (χ1) is 15.4. The van der Waals surface area contributed by atoms with Gasteiger partial charge in [0.15, 0.2) is 5.82 Å². The second-order valence-electron chi connectivity index (χ2n) is 9.95. The van der Waals surface area contributed by atoms with E-state index in [4.69, 9.17) is 21.6 Å². The van der Waals surface area contributed by atoms with E-state index < -0.39 is 0 Å². The van der Waals surface area contributed by atoms with Gasteiger partial charge in [0.25, 0.3) is 0 Å². The van der Waals surface area contributed by atoms with Crippen molar-refractivity contribution in [2.24, 2.45) is 17.8 Å². The number of aromatic nitrogens is 2. The molecule has 0 spiro atoms. The van der Waals surface area contributed by atoms with Gasteiger partial charge in [-0.2, -0.15) is 5.10 Å². The third kappa shape index (κ3) is 2.21. The molecule has 0 amide bonds. The molecule has 2 aromatic carbocycles. The molecule has 1 aromatic heterocycles. The Hall–Kier alpha value is -3.22. The Bertz CT molecular complexity index is 1270. The SMILES string of the molecule is COc1cc(N)c(C=N)c2c1N(C)[C@@](C)(c1ccc3c(N)n[nH]c3c1)[C@@H]1C3CCC(C3)[C@H]21. The summed E-state index contributed by atoms with van der Waals surface area (Å²) in [7, 11) is 3.87. The van der Waals surface area contributed by atoms with E-state index in [1.807, 2.05) is 6.07 Å². The molecule has 3 aliphatic rings. The van der Waals surface area contributed by atoms with E-state index in [0.717, 1.165) is 27.9 Å². The number of nitrogens with zero attached hydrogens (tertiary/aromatic N) is 2. The molecule has 6 N–H and O–H groups in total. The van der Waals surface area contributed by atoms with Gasteiger partial charge in [-0.15, -0.1) is 0 Å². The minimum atomic E-state index is -0.242.